The third-order valence-corrected chi connectivity index (χ3v) is 3.64. The second-order valence-electron chi connectivity index (χ2n) is 5.48. The molecule has 0 aliphatic heterocycles. The summed E-state index contributed by atoms with van der Waals surface area (Å²) in [5.74, 6) is 0.0682. The summed E-state index contributed by atoms with van der Waals surface area (Å²) in [5, 5.41) is 6.31. The molecule has 4 heteroatoms. The maximum absolute atomic E-state index is 11.8. The number of ether oxygens (including phenoxy) is 1. The van der Waals surface area contributed by atoms with Crippen molar-refractivity contribution in [3.05, 3.63) is 0 Å². The van der Waals surface area contributed by atoms with Crippen LogP contribution in [0.5, 0.6) is 0 Å². The van der Waals surface area contributed by atoms with Gasteiger partial charge in [-0.3, -0.25) is 4.79 Å². The van der Waals surface area contributed by atoms with Crippen LogP contribution in [0.2, 0.25) is 0 Å². The highest BCUT2D eigenvalue weighted by molar-refractivity contribution is 5.78. The molecule has 1 aliphatic carbocycles. The van der Waals surface area contributed by atoms with E-state index in [4.69, 9.17) is 4.74 Å². The number of rotatable bonds is 6. The van der Waals surface area contributed by atoms with Gasteiger partial charge in [-0.2, -0.15) is 0 Å². The molecule has 100 valence electrons. The third-order valence-electron chi connectivity index (χ3n) is 3.64. The van der Waals surface area contributed by atoms with Gasteiger partial charge < -0.3 is 15.4 Å². The van der Waals surface area contributed by atoms with Crippen molar-refractivity contribution in [2.45, 2.75) is 64.1 Å². The smallest absolute Gasteiger partial charge is 0.234 e. The maximum Gasteiger partial charge on any atom is 0.234 e. The van der Waals surface area contributed by atoms with Crippen molar-refractivity contribution in [2.24, 2.45) is 0 Å². The molecule has 1 saturated carbocycles. The van der Waals surface area contributed by atoms with E-state index in [1.807, 2.05) is 13.8 Å². The summed E-state index contributed by atoms with van der Waals surface area (Å²) in [7, 11) is 1.74. The fraction of sp³-hybridized carbons (Fsp3) is 0.923. The first kappa shape index (κ1) is 14.5. The van der Waals surface area contributed by atoms with Gasteiger partial charge in [0, 0.05) is 18.7 Å². The van der Waals surface area contributed by atoms with Gasteiger partial charge in [-0.15, -0.1) is 0 Å². The molecule has 0 heterocycles. The minimum Gasteiger partial charge on any atom is -0.380 e. The van der Waals surface area contributed by atoms with Crippen LogP contribution in [-0.2, 0) is 9.53 Å². The first-order valence-corrected chi connectivity index (χ1v) is 6.55. The largest absolute Gasteiger partial charge is 0.380 e. The molecule has 0 spiro atoms. The standard InChI is InChI=1S/C13H26N2O2/c1-5-13(2,3)15-12(16)9-14-10-7-6-8-11(10)17-4/h10-11,14H,5-9H2,1-4H3,(H,15,16). The van der Waals surface area contributed by atoms with Crippen LogP contribution in [0.4, 0.5) is 0 Å². The molecule has 1 rings (SSSR count). The molecule has 1 aliphatic rings. The van der Waals surface area contributed by atoms with Crippen molar-refractivity contribution >= 4 is 5.91 Å². The SMILES string of the molecule is CCC(C)(C)NC(=O)CNC1CCCC1OC. The van der Waals surface area contributed by atoms with Crippen LogP contribution in [-0.4, -0.2) is 37.2 Å². The van der Waals surface area contributed by atoms with Gasteiger partial charge in [0.15, 0.2) is 0 Å². The Bertz CT molecular complexity index is 254. The average Bonchev–Trinajstić information content (AvgIpc) is 2.73. The number of nitrogens with one attached hydrogen (secondary N) is 2. The molecular weight excluding hydrogens is 216 g/mol. The van der Waals surface area contributed by atoms with Crippen molar-refractivity contribution in [1.82, 2.24) is 10.6 Å². The van der Waals surface area contributed by atoms with E-state index < -0.39 is 0 Å². The Kier molecular flexibility index (Phi) is 5.40. The fourth-order valence-electron chi connectivity index (χ4n) is 2.18. The predicted molar refractivity (Wildman–Crippen MR) is 69.0 cm³/mol. The molecule has 2 N–H and O–H groups in total. The number of carbonyl (C=O) groups excluding carboxylic acids is 1. The number of amides is 1. The first-order chi connectivity index (χ1) is 7.98. The molecule has 0 saturated heterocycles. The van der Waals surface area contributed by atoms with E-state index in [-0.39, 0.29) is 17.6 Å². The molecule has 1 fully saturated rings. The number of carbonyl (C=O) groups is 1. The molecule has 1 amide bonds. The minimum atomic E-state index is -0.116. The van der Waals surface area contributed by atoms with Crippen LogP contribution >= 0.6 is 0 Å². The highest BCUT2D eigenvalue weighted by atomic mass is 16.5. The summed E-state index contributed by atoms with van der Waals surface area (Å²) in [6.07, 6.45) is 4.57. The van der Waals surface area contributed by atoms with E-state index in [9.17, 15) is 4.79 Å². The van der Waals surface area contributed by atoms with E-state index in [2.05, 4.69) is 17.6 Å². The first-order valence-electron chi connectivity index (χ1n) is 6.55. The normalized spacial score (nSPS) is 24.9. The summed E-state index contributed by atoms with van der Waals surface area (Å²) in [6.45, 7) is 6.54. The van der Waals surface area contributed by atoms with Gasteiger partial charge in [0.05, 0.1) is 12.6 Å². The molecular formula is C13H26N2O2. The molecule has 0 aromatic carbocycles. The van der Waals surface area contributed by atoms with Crippen molar-refractivity contribution in [3.8, 4) is 0 Å². The van der Waals surface area contributed by atoms with E-state index in [0.717, 1.165) is 19.3 Å². The highest BCUT2D eigenvalue weighted by Crippen LogP contribution is 2.21. The molecule has 0 aromatic rings. The predicted octanol–water partition coefficient (Wildman–Crippen LogP) is 1.45. The number of hydrogen-bond acceptors (Lipinski definition) is 3. The molecule has 0 radical (unpaired) electrons. The molecule has 0 bridgehead atoms. The van der Waals surface area contributed by atoms with Crippen molar-refractivity contribution < 1.29 is 9.53 Å². The van der Waals surface area contributed by atoms with Crippen molar-refractivity contribution in [2.75, 3.05) is 13.7 Å². The second kappa shape index (κ2) is 6.36. The lowest BCUT2D eigenvalue weighted by molar-refractivity contribution is -0.122. The Morgan fingerprint density at radius 1 is 1.41 bits per heavy atom. The topological polar surface area (TPSA) is 50.4 Å². The van der Waals surface area contributed by atoms with Gasteiger partial charge >= 0.3 is 0 Å². The fourth-order valence-corrected chi connectivity index (χ4v) is 2.18. The lowest BCUT2D eigenvalue weighted by Crippen LogP contribution is -2.49. The van der Waals surface area contributed by atoms with Gasteiger partial charge in [0.1, 0.15) is 0 Å². The Labute approximate surface area is 104 Å². The van der Waals surface area contributed by atoms with Gasteiger partial charge in [-0.1, -0.05) is 6.92 Å². The highest BCUT2D eigenvalue weighted by Gasteiger charge is 2.27. The van der Waals surface area contributed by atoms with Gasteiger partial charge in [-0.25, -0.2) is 0 Å². The Morgan fingerprint density at radius 3 is 2.71 bits per heavy atom. The maximum atomic E-state index is 11.8. The molecule has 0 aromatic heterocycles. The molecule has 17 heavy (non-hydrogen) atoms. The van der Waals surface area contributed by atoms with Crippen LogP contribution < -0.4 is 10.6 Å². The average molecular weight is 242 g/mol. The summed E-state index contributed by atoms with van der Waals surface area (Å²) in [5.41, 5.74) is -0.116. The van der Waals surface area contributed by atoms with E-state index in [1.165, 1.54) is 6.42 Å². The second-order valence-corrected chi connectivity index (χ2v) is 5.48. The van der Waals surface area contributed by atoms with E-state index >= 15 is 0 Å². The van der Waals surface area contributed by atoms with Crippen molar-refractivity contribution in [1.29, 1.82) is 0 Å². The minimum absolute atomic E-state index is 0.0682. The Hall–Kier alpha value is -0.610. The van der Waals surface area contributed by atoms with Crippen LogP contribution in [0.25, 0.3) is 0 Å². The van der Waals surface area contributed by atoms with Crippen molar-refractivity contribution in [3.63, 3.8) is 0 Å². The molecule has 2 atom stereocenters. The summed E-state index contributed by atoms with van der Waals surface area (Å²) in [6, 6.07) is 0.329. The van der Waals surface area contributed by atoms with Crippen LogP contribution in [0.3, 0.4) is 0 Å². The lowest BCUT2D eigenvalue weighted by Gasteiger charge is -2.25. The van der Waals surface area contributed by atoms with E-state index in [0.29, 0.717) is 12.6 Å². The van der Waals surface area contributed by atoms with E-state index in [1.54, 1.807) is 7.11 Å². The summed E-state index contributed by atoms with van der Waals surface area (Å²) < 4.78 is 5.38. The summed E-state index contributed by atoms with van der Waals surface area (Å²) >= 11 is 0. The van der Waals surface area contributed by atoms with Crippen LogP contribution in [0.15, 0.2) is 0 Å². The number of hydrogen-bond donors (Lipinski definition) is 2. The zero-order valence-corrected chi connectivity index (χ0v) is 11.5. The molecule has 4 nitrogen and oxygen atoms in total. The quantitative estimate of drug-likeness (QED) is 0.741. The van der Waals surface area contributed by atoms with Gasteiger partial charge in [-0.05, 0) is 39.5 Å². The zero-order chi connectivity index (χ0) is 12.9. The van der Waals surface area contributed by atoms with Gasteiger partial charge in [0.25, 0.3) is 0 Å². The van der Waals surface area contributed by atoms with Crippen LogP contribution in [0, 0.1) is 0 Å². The third kappa shape index (κ3) is 4.64. The Morgan fingerprint density at radius 2 is 2.12 bits per heavy atom. The van der Waals surface area contributed by atoms with Gasteiger partial charge in [0.2, 0.25) is 5.91 Å². The summed E-state index contributed by atoms with van der Waals surface area (Å²) in [4.78, 5) is 11.8. The van der Waals surface area contributed by atoms with Crippen LogP contribution in [0.1, 0.15) is 46.5 Å². The monoisotopic (exact) mass is 242 g/mol. The zero-order valence-electron chi connectivity index (χ0n) is 11.5. The number of methoxy groups -OCH3 is 1. The Balaban J connectivity index is 2.28. The molecule has 2 unspecified atom stereocenters. The lowest BCUT2D eigenvalue weighted by atomic mass is 10.0.